The van der Waals surface area contributed by atoms with Crippen LogP contribution in [0.3, 0.4) is 0 Å². The number of rotatable bonds is 5. The Morgan fingerprint density at radius 2 is 1.95 bits per heavy atom. The molecule has 0 saturated carbocycles. The summed E-state index contributed by atoms with van der Waals surface area (Å²) in [7, 11) is 4.38. The molecule has 19 heavy (non-hydrogen) atoms. The number of benzene rings is 1. The number of pyridine rings is 1. The van der Waals surface area contributed by atoms with Crippen LogP contribution in [0.1, 0.15) is 17.7 Å². The van der Waals surface area contributed by atoms with Crippen molar-refractivity contribution in [3.05, 3.63) is 35.5 Å². The summed E-state index contributed by atoms with van der Waals surface area (Å²) in [4.78, 5) is 6.08. The SMILES string of the molecule is Cc1ccc2nc(C)cc(NCCC[NH+](C)C)c2c1. The third kappa shape index (κ3) is 3.67. The number of hydrogen-bond donors (Lipinski definition) is 2. The van der Waals surface area contributed by atoms with Crippen molar-refractivity contribution in [2.75, 3.05) is 32.5 Å². The van der Waals surface area contributed by atoms with E-state index in [0.29, 0.717) is 0 Å². The van der Waals surface area contributed by atoms with Crippen LogP contribution in [-0.2, 0) is 0 Å². The Kier molecular flexibility index (Phi) is 4.38. The average Bonchev–Trinajstić information content (AvgIpc) is 2.35. The molecule has 3 nitrogen and oxygen atoms in total. The fourth-order valence-electron chi connectivity index (χ4n) is 2.28. The zero-order chi connectivity index (χ0) is 13.8. The summed E-state index contributed by atoms with van der Waals surface area (Å²) < 4.78 is 0. The van der Waals surface area contributed by atoms with E-state index in [0.717, 1.165) is 17.8 Å². The van der Waals surface area contributed by atoms with E-state index in [4.69, 9.17) is 0 Å². The molecule has 0 radical (unpaired) electrons. The van der Waals surface area contributed by atoms with Crippen LogP contribution in [0.4, 0.5) is 5.69 Å². The highest BCUT2D eigenvalue weighted by Crippen LogP contribution is 2.24. The van der Waals surface area contributed by atoms with E-state index < -0.39 is 0 Å². The molecule has 102 valence electrons. The van der Waals surface area contributed by atoms with E-state index in [2.05, 4.69) is 62.5 Å². The summed E-state index contributed by atoms with van der Waals surface area (Å²) >= 11 is 0. The maximum atomic E-state index is 4.59. The molecule has 0 unspecified atom stereocenters. The van der Waals surface area contributed by atoms with Gasteiger partial charge >= 0.3 is 0 Å². The lowest BCUT2D eigenvalue weighted by atomic mass is 10.1. The second-order valence-corrected chi connectivity index (χ2v) is 5.57. The topological polar surface area (TPSA) is 29.4 Å². The van der Waals surface area contributed by atoms with Gasteiger partial charge in [-0.3, -0.25) is 4.98 Å². The number of quaternary nitrogens is 1. The van der Waals surface area contributed by atoms with Crippen molar-refractivity contribution >= 4 is 16.6 Å². The molecule has 0 aliphatic heterocycles. The third-order valence-corrected chi connectivity index (χ3v) is 3.26. The molecule has 0 amide bonds. The largest absolute Gasteiger partial charge is 0.384 e. The Morgan fingerprint density at radius 3 is 2.68 bits per heavy atom. The summed E-state index contributed by atoms with van der Waals surface area (Å²) in [5, 5.41) is 4.78. The number of fused-ring (bicyclic) bond motifs is 1. The normalized spacial score (nSPS) is 11.2. The zero-order valence-electron chi connectivity index (χ0n) is 12.4. The van der Waals surface area contributed by atoms with Crippen molar-refractivity contribution < 1.29 is 4.90 Å². The average molecular weight is 258 g/mol. The zero-order valence-corrected chi connectivity index (χ0v) is 12.4. The molecule has 0 fully saturated rings. The van der Waals surface area contributed by atoms with Crippen LogP contribution in [0.2, 0.25) is 0 Å². The van der Waals surface area contributed by atoms with Gasteiger partial charge in [-0.2, -0.15) is 0 Å². The van der Waals surface area contributed by atoms with Gasteiger partial charge < -0.3 is 10.2 Å². The van der Waals surface area contributed by atoms with Gasteiger partial charge in [-0.15, -0.1) is 0 Å². The van der Waals surface area contributed by atoms with E-state index in [9.17, 15) is 0 Å². The Bertz CT molecular complexity index is 561. The maximum absolute atomic E-state index is 4.59. The molecule has 0 saturated heterocycles. The molecule has 2 rings (SSSR count). The molecule has 0 aliphatic carbocycles. The number of nitrogens with one attached hydrogen (secondary N) is 2. The fourth-order valence-corrected chi connectivity index (χ4v) is 2.28. The Hall–Kier alpha value is -1.61. The molecule has 0 atom stereocenters. The van der Waals surface area contributed by atoms with Crippen LogP contribution in [0.15, 0.2) is 24.3 Å². The summed E-state index contributed by atoms with van der Waals surface area (Å²) in [6.45, 7) is 6.37. The van der Waals surface area contributed by atoms with Crippen LogP contribution in [-0.4, -0.2) is 32.2 Å². The second kappa shape index (κ2) is 6.02. The highest BCUT2D eigenvalue weighted by atomic mass is 15.1. The van der Waals surface area contributed by atoms with Gasteiger partial charge in [0.25, 0.3) is 0 Å². The van der Waals surface area contributed by atoms with Crippen molar-refractivity contribution in [3.8, 4) is 0 Å². The number of aromatic nitrogens is 1. The molecule has 1 heterocycles. The molecule has 0 aliphatic rings. The molecule has 2 aromatic rings. The smallest absolute Gasteiger partial charge is 0.0783 e. The first kappa shape index (κ1) is 13.8. The quantitative estimate of drug-likeness (QED) is 0.801. The van der Waals surface area contributed by atoms with E-state index in [1.165, 1.54) is 34.5 Å². The number of nitrogens with zero attached hydrogens (tertiary/aromatic N) is 1. The van der Waals surface area contributed by atoms with Gasteiger partial charge in [-0.25, -0.2) is 0 Å². The lowest BCUT2D eigenvalue weighted by molar-refractivity contribution is -0.858. The van der Waals surface area contributed by atoms with Gasteiger partial charge in [-0.1, -0.05) is 11.6 Å². The first-order chi connectivity index (χ1) is 9.06. The molecule has 0 bridgehead atoms. The molecule has 0 spiro atoms. The highest BCUT2D eigenvalue weighted by Gasteiger charge is 2.04. The molecule has 1 aromatic heterocycles. The van der Waals surface area contributed by atoms with Gasteiger partial charge in [-0.05, 0) is 32.0 Å². The molecule has 2 N–H and O–H groups in total. The maximum Gasteiger partial charge on any atom is 0.0783 e. The monoisotopic (exact) mass is 258 g/mol. The summed E-state index contributed by atoms with van der Waals surface area (Å²) in [6.07, 6.45) is 1.18. The first-order valence-corrected chi connectivity index (χ1v) is 6.97. The highest BCUT2D eigenvalue weighted by molar-refractivity contribution is 5.91. The lowest BCUT2D eigenvalue weighted by Crippen LogP contribution is -3.05. The first-order valence-electron chi connectivity index (χ1n) is 6.97. The van der Waals surface area contributed by atoms with Gasteiger partial charge in [0, 0.05) is 29.7 Å². The van der Waals surface area contributed by atoms with Gasteiger partial charge in [0.1, 0.15) is 0 Å². The van der Waals surface area contributed by atoms with Crippen LogP contribution in [0.25, 0.3) is 10.9 Å². The predicted octanol–water partition coefficient (Wildman–Crippen LogP) is 1.80. The Labute approximate surface area is 115 Å². The number of hydrogen-bond acceptors (Lipinski definition) is 2. The molecular formula is C16H24N3+. The minimum atomic E-state index is 1.01. The predicted molar refractivity (Wildman–Crippen MR) is 82.0 cm³/mol. The van der Waals surface area contributed by atoms with Crippen molar-refractivity contribution in [1.29, 1.82) is 0 Å². The van der Waals surface area contributed by atoms with Crippen LogP contribution < -0.4 is 10.2 Å². The number of aryl methyl sites for hydroxylation is 2. The lowest BCUT2D eigenvalue weighted by Gasteiger charge is -2.12. The van der Waals surface area contributed by atoms with Gasteiger partial charge in [0.15, 0.2) is 0 Å². The second-order valence-electron chi connectivity index (χ2n) is 5.57. The van der Waals surface area contributed by atoms with Crippen molar-refractivity contribution in [2.24, 2.45) is 0 Å². The standard InChI is InChI=1S/C16H23N3/c1-12-6-7-15-14(10-12)16(11-13(2)18-15)17-8-5-9-19(3)4/h6-7,10-11H,5,8-9H2,1-4H3,(H,17,18)/p+1. The summed E-state index contributed by atoms with van der Waals surface area (Å²) in [5.41, 5.74) is 4.63. The third-order valence-electron chi connectivity index (χ3n) is 3.26. The summed E-state index contributed by atoms with van der Waals surface area (Å²) in [6, 6.07) is 8.58. The molecular weight excluding hydrogens is 234 g/mol. The Balaban J connectivity index is 2.19. The minimum absolute atomic E-state index is 1.01. The van der Waals surface area contributed by atoms with Crippen molar-refractivity contribution in [2.45, 2.75) is 20.3 Å². The van der Waals surface area contributed by atoms with Gasteiger partial charge in [0.2, 0.25) is 0 Å². The van der Waals surface area contributed by atoms with E-state index >= 15 is 0 Å². The summed E-state index contributed by atoms with van der Waals surface area (Å²) in [5.74, 6) is 0. The van der Waals surface area contributed by atoms with Crippen molar-refractivity contribution in [1.82, 2.24) is 4.98 Å². The van der Waals surface area contributed by atoms with Gasteiger partial charge in [0.05, 0.1) is 26.2 Å². The van der Waals surface area contributed by atoms with E-state index in [-0.39, 0.29) is 0 Å². The Morgan fingerprint density at radius 1 is 1.16 bits per heavy atom. The van der Waals surface area contributed by atoms with Crippen LogP contribution in [0, 0.1) is 13.8 Å². The van der Waals surface area contributed by atoms with E-state index in [1.54, 1.807) is 0 Å². The van der Waals surface area contributed by atoms with Crippen LogP contribution in [0.5, 0.6) is 0 Å². The fraction of sp³-hybridized carbons (Fsp3) is 0.438. The van der Waals surface area contributed by atoms with Crippen molar-refractivity contribution in [3.63, 3.8) is 0 Å². The van der Waals surface area contributed by atoms with E-state index in [1.807, 2.05) is 0 Å². The molecule has 1 aromatic carbocycles. The van der Waals surface area contributed by atoms with Crippen LogP contribution >= 0.6 is 0 Å². The molecule has 3 heteroatoms. The minimum Gasteiger partial charge on any atom is -0.384 e. The number of anilines is 1.